The number of carbonyl (C=O) groups excluding carboxylic acids is 2. The number of aldehydes is 1. The Morgan fingerprint density at radius 2 is 1.28 bits per heavy atom. The number of hydrogen-bond donors (Lipinski definition) is 0. The van der Waals surface area contributed by atoms with Crippen molar-refractivity contribution < 1.29 is 19.1 Å². The summed E-state index contributed by atoms with van der Waals surface area (Å²) >= 11 is 0. The molecule has 0 fully saturated rings. The summed E-state index contributed by atoms with van der Waals surface area (Å²) in [5.41, 5.74) is 3.07. The second-order valence-corrected chi connectivity index (χ2v) is 5.39. The van der Waals surface area contributed by atoms with Crippen LogP contribution in [-0.4, -0.2) is 19.4 Å². The van der Waals surface area contributed by atoms with E-state index >= 15 is 0 Å². The number of esters is 1. The molecule has 25 heavy (non-hydrogen) atoms. The standard InChI is InChI=1S/C17H16O3.C4H6O/c1-12(2)17(18)20-16-10-6-14(7-11-16)13-4-8-15(19-3)9-5-13;1-4(2)3-5/h4-11H,1H2,2-3H3;3H,1H2,2H3. The maximum Gasteiger partial charge on any atom is 0.338 e. The van der Waals surface area contributed by atoms with Gasteiger partial charge in [-0.2, -0.15) is 0 Å². The molecule has 0 unspecified atom stereocenters. The summed E-state index contributed by atoms with van der Waals surface area (Å²) in [6.45, 7) is 10.1. The summed E-state index contributed by atoms with van der Waals surface area (Å²) in [5, 5.41) is 0. The third-order valence-electron chi connectivity index (χ3n) is 3.04. The lowest BCUT2D eigenvalue weighted by Crippen LogP contribution is -2.07. The van der Waals surface area contributed by atoms with E-state index in [2.05, 4.69) is 13.2 Å². The van der Waals surface area contributed by atoms with E-state index in [1.165, 1.54) is 0 Å². The molecule has 0 aliphatic rings. The Hall–Kier alpha value is -3.14. The zero-order chi connectivity index (χ0) is 18.8. The van der Waals surface area contributed by atoms with Crippen LogP contribution in [0.4, 0.5) is 0 Å². The molecule has 2 aromatic rings. The van der Waals surface area contributed by atoms with Crippen LogP contribution in [0.3, 0.4) is 0 Å². The van der Waals surface area contributed by atoms with E-state index in [0.29, 0.717) is 16.9 Å². The minimum atomic E-state index is -0.415. The molecule has 0 radical (unpaired) electrons. The SMILES string of the molecule is C=C(C)C(=O)Oc1ccc(-c2ccc(OC)cc2)cc1.C=C(C)C=O. The van der Waals surface area contributed by atoms with E-state index in [4.69, 9.17) is 9.47 Å². The fourth-order valence-corrected chi connectivity index (χ4v) is 1.69. The van der Waals surface area contributed by atoms with Crippen molar-refractivity contribution in [2.24, 2.45) is 0 Å². The first kappa shape index (κ1) is 19.9. The van der Waals surface area contributed by atoms with Gasteiger partial charge in [-0.25, -0.2) is 4.79 Å². The molecule has 0 saturated heterocycles. The monoisotopic (exact) mass is 338 g/mol. The van der Waals surface area contributed by atoms with Crippen LogP contribution >= 0.6 is 0 Å². The van der Waals surface area contributed by atoms with Gasteiger partial charge >= 0.3 is 5.97 Å². The fraction of sp³-hybridized carbons (Fsp3) is 0.143. The Balaban J connectivity index is 0.000000550. The second-order valence-electron chi connectivity index (χ2n) is 5.39. The minimum absolute atomic E-state index is 0.379. The van der Waals surface area contributed by atoms with Crippen molar-refractivity contribution in [2.45, 2.75) is 13.8 Å². The predicted octanol–water partition coefficient (Wildman–Crippen LogP) is 4.61. The van der Waals surface area contributed by atoms with E-state index in [1.54, 1.807) is 33.1 Å². The van der Waals surface area contributed by atoms with Crippen molar-refractivity contribution in [3.63, 3.8) is 0 Å². The average Bonchev–Trinajstić information content (AvgIpc) is 2.62. The van der Waals surface area contributed by atoms with Crippen molar-refractivity contribution in [1.29, 1.82) is 0 Å². The Morgan fingerprint density at radius 1 is 0.880 bits per heavy atom. The molecular weight excluding hydrogens is 316 g/mol. The lowest BCUT2D eigenvalue weighted by Gasteiger charge is -2.06. The molecule has 0 heterocycles. The van der Waals surface area contributed by atoms with Gasteiger partial charge in [-0.15, -0.1) is 0 Å². The summed E-state index contributed by atoms with van der Waals surface area (Å²) in [4.78, 5) is 20.8. The Kier molecular flexibility index (Phi) is 7.87. The number of methoxy groups -OCH3 is 1. The van der Waals surface area contributed by atoms with Gasteiger partial charge in [-0.05, 0) is 54.8 Å². The fourth-order valence-electron chi connectivity index (χ4n) is 1.69. The molecule has 0 spiro atoms. The molecular formula is C21H22O4. The summed E-state index contributed by atoms with van der Waals surface area (Å²) < 4.78 is 10.3. The Labute approximate surface area is 148 Å². The number of ether oxygens (including phenoxy) is 2. The zero-order valence-electron chi connectivity index (χ0n) is 14.7. The molecule has 4 nitrogen and oxygen atoms in total. The maximum atomic E-state index is 11.4. The van der Waals surface area contributed by atoms with Crippen LogP contribution in [0.5, 0.6) is 11.5 Å². The number of rotatable bonds is 5. The molecule has 0 amide bonds. The van der Waals surface area contributed by atoms with Crippen molar-refractivity contribution in [2.75, 3.05) is 7.11 Å². The molecule has 0 aliphatic carbocycles. The number of hydrogen-bond acceptors (Lipinski definition) is 4. The van der Waals surface area contributed by atoms with Crippen molar-refractivity contribution >= 4 is 12.3 Å². The van der Waals surface area contributed by atoms with Crippen LogP contribution in [0.25, 0.3) is 11.1 Å². The molecule has 130 valence electrons. The van der Waals surface area contributed by atoms with Gasteiger partial charge in [-0.1, -0.05) is 37.4 Å². The second kappa shape index (κ2) is 9.88. The highest BCUT2D eigenvalue weighted by Crippen LogP contribution is 2.24. The first-order chi connectivity index (χ1) is 11.9. The van der Waals surface area contributed by atoms with E-state index < -0.39 is 5.97 Å². The summed E-state index contributed by atoms with van der Waals surface area (Å²) in [5.74, 6) is 0.915. The molecule has 0 N–H and O–H groups in total. The average molecular weight is 338 g/mol. The third-order valence-corrected chi connectivity index (χ3v) is 3.04. The first-order valence-electron chi connectivity index (χ1n) is 7.60. The Morgan fingerprint density at radius 3 is 1.60 bits per heavy atom. The van der Waals surface area contributed by atoms with Gasteiger partial charge in [-0.3, -0.25) is 4.79 Å². The number of carbonyl (C=O) groups is 2. The molecule has 2 aromatic carbocycles. The summed E-state index contributed by atoms with van der Waals surface area (Å²) in [6, 6.07) is 15.1. The van der Waals surface area contributed by atoms with Gasteiger partial charge in [0.05, 0.1) is 7.11 Å². The van der Waals surface area contributed by atoms with E-state index in [0.717, 1.165) is 23.2 Å². The smallest absolute Gasteiger partial charge is 0.338 e. The van der Waals surface area contributed by atoms with Gasteiger partial charge in [0.1, 0.15) is 17.8 Å². The highest BCUT2D eigenvalue weighted by Gasteiger charge is 2.05. The van der Waals surface area contributed by atoms with Crippen LogP contribution in [0.1, 0.15) is 13.8 Å². The topological polar surface area (TPSA) is 52.6 Å². The highest BCUT2D eigenvalue weighted by molar-refractivity contribution is 5.88. The normalized spacial score (nSPS) is 9.24. The van der Waals surface area contributed by atoms with E-state index in [9.17, 15) is 9.59 Å². The molecule has 0 aliphatic heterocycles. The Bertz CT molecular complexity index is 740. The lowest BCUT2D eigenvalue weighted by molar-refractivity contribution is -0.130. The largest absolute Gasteiger partial charge is 0.497 e. The van der Waals surface area contributed by atoms with Crippen LogP contribution in [0.2, 0.25) is 0 Å². The van der Waals surface area contributed by atoms with Gasteiger partial charge in [0.25, 0.3) is 0 Å². The summed E-state index contributed by atoms with van der Waals surface area (Å²) in [7, 11) is 1.64. The van der Waals surface area contributed by atoms with Crippen LogP contribution in [-0.2, 0) is 9.59 Å². The van der Waals surface area contributed by atoms with Crippen molar-refractivity contribution in [3.05, 3.63) is 72.8 Å². The van der Waals surface area contributed by atoms with Gasteiger partial charge < -0.3 is 9.47 Å². The van der Waals surface area contributed by atoms with E-state index in [-0.39, 0.29) is 0 Å². The number of allylic oxidation sites excluding steroid dienone is 1. The number of benzene rings is 2. The van der Waals surface area contributed by atoms with Gasteiger partial charge in [0.15, 0.2) is 0 Å². The van der Waals surface area contributed by atoms with Gasteiger partial charge in [0, 0.05) is 5.57 Å². The minimum Gasteiger partial charge on any atom is -0.497 e. The van der Waals surface area contributed by atoms with E-state index in [1.807, 2.05) is 36.4 Å². The molecule has 0 aromatic heterocycles. The first-order valence-corrected chi connectivity index (χ1v) is 7.60. The summed E-state index contributed by atoms with van der Waals surface area (Å²) in [6.07, 6.45) is 0.722. The molecule has 0 atom stereocenters. The van der Waals surface area contributed by atoms with Crippen LogP contribution in [0.15, 0.2) is 72.8 Å². The maximum absolute atomic E-state index is 11.4. The van der Waals surface area contributed by atoms with Crippen molar-refractivity contribution in [1.82, 2.24) is 0 Å². The van der Waals surface area contributed by atoms with Gasteiger partial charge in [0.2, 0.25) is 0 Å². The zero-order valence-corrected chi connectivity index (χ0v) is 14.7. The van der Waals surface area contributed by atoms with Crippen LogP contribution < -0.4 is 9.47 Å². The quantitative estimate of drug-likeness (QED) is 0.346. The van der Waals surface area contributed by atoms with Crippen molar-refractivity contribution in [3.8, 4) is 22.6 Å². The molecule has 0 saturated carbocycles. The lowest BCUT2D eigenvalue weighted by atomic mass is 10.1. The highest BCUT2D eigenvalue weighted by atomic mass is 16.5. The molecule has 0 bridgehead atoms. The molecule has 4 heteroatoms. The van der Waals surface area contributed by atoms with Crippen LogP contribution in [0, 0.1) is 0 Å². The molecule has 2 rings (SSSR count). The third kappa shape index (κ3) is 6.87. The predicted molar refractivity (Wildman–Crippen MR) is 99.8 cm³/mol.